The minimum atomic E-state index is -0.414. The van der Waals surface area contributed by atoms with Crippen molar-refractivity contribution >= 4 is 28.4 Å². The van der Waals surface area contributed by atoms with E-state index in [1.165, 1.54) is 10.6 Å². The molecule has 3 heterocycles. The molecule has 9 heteroatoms. The smallest absolute Gasteiger partial charge is 0.254 e. The molecule has 0 saturated carbocycles. The second-order valence-corrected chi connectivity index (χ2v) is 7.81. The van der Waals surface area contributed by atoms with E-state index in [0.717, 1.165) is 0 Å². The van der Waals surface area contributed by atoms with Crippen molar-refractivity contribution in [2.24, 2.45) is 0 Å². The predicted molar refractivity (Wildman–Crippen MR) is 121 cm³/mol. The van der Waals surface area contributed by atoms with Gasteiger partial charge in [0.05, 0.1) is 24.3 Å². The Hall–Kier alpha value is -3.85. The van der Waals surface area contributed by atoms with Crippen molar-refractivity contribution in [1.82, 2.24) is 9.47 Å². The molecular weight excluding hydrogens is 426 g/mol. The van der Waals surface area contributed by atoms with E-state index >= 15 is 0 Å². The van der Waals surface area contributed by atoms with Crippen molar-refractivity contribution in [3.8, 4) is 11.5 Å². The maximum atomic E-state index is 13.1. The normalized spacial score (nSPS) is 15.3. The number of carbonyl (C=O) groups is 2. The summed E-state index contributed by atoms with van der Waals surface area (Å²) >= 11 is 0. The summed E-state index contributed by atoms with van der Waals surface area (Å²) in [5.74, 6) is 0.611. The topological polar surface area (TPSA) is 99.1 Å². The second kappa shape index (κ2) is 8.95. The molecule has 2 aliphatic rings. The van der Waals surface area contributed by atoms with Gasteiger partial charge in [-0.1, -0.05) is 18.2 Å². The number of aromatic nitrogens is 1. The van der Waals surface area contributed by atoms with Gasteiger partial charge in [0, 0.05) is 36.3 Å². The number of fused-ring (bicyclic) bond motifs is 2. The Morgan fingerprint density at radius 2 is 1.67 bits per heavy atom. The third-order valence-corrected chi connectivity index (χ3v) is 5.68. The molecule has 1 fully saturated rings. The van der Waals surface area contributed by atoms with Crippen LogP contribution in [-0.4, -0.2) is 60.8 Å². The lowest BCUT2D eigenvalue weighted by atomic mass is 10.1. The van der Waals surface area contributed by atoms with Gasteiger partial charge < -0.3 is 24.4 Å². The SMILES string of the molecule is O=C(Cn1c(=O)cc(C(=O)N2CCOCC2)c2ccccc21)Nc1ccc2c(c1)OCCO2. The fourth-order valence-corrected chi connectivity index (χ4v) is 4.08. The largest absolute Gasteiger partial charge is 0.486 e. The number of para-hydroxylation sites is 1. The highest BCUT2D eigenvalue weighted by Crippen LogP contribution is 2.32. The van der Waals surface area contributed by atoms with E-state index in [-0.39, 0.29) is 18.4 Å². The summed E-state index contributed by atoms with van der Waals surface area (Å²) in [5, 5.41) is 3.42. The fourth-order valence-electron chi connectivity index (χ4n) is 4.08. The lowest BCUT2D eigenvalue weighted by Gasteiger charge is -2.27. The molecule has 3 aromatic rings. The monoisotopic (exact) mass is 449 g/mol. The number of benzene rings is 2. The minimum Gasteiger partial charge on any atom is -0.486 e. The van der Waals surface area contributed by atoms with E-state index in [0.29, 0.717) is 73.2 Å². The standard InChI is InChI=1S/C24H23N3O6/c28-22(25-16-5-6-20-21(13-16)33-12-11-32-20)15-27-19-4-2-1-3-17(19)18(14-23(27)29)24(30)26-7-9-31-10-8-26/h1-6,13-14H,7-12,15H2,(H,25,28). The molecule has 0 unspecified atom stereocenters. The highest BCUT2D eigenvalue weighted by molar-refractivity contribution is 6.06. The number of nitrogens with one attached hydrogen (secondary N) is 1. The van der Waals surface area contributed by atoms with Crippen molar-refractivity contribution in [2.45, 2.75) is 6.54 Å². The van der Waals surface area contributed by atoms with Gasteiger partial charge in [-0.05, 0) is 18.2 Å². The highest BCUT2D eigenvalue weighted by Gasteiger charge is 2.23. The van der Waals surface area contributed by atoms with Crippen LogP contribution in [0.5, 0.6) is 11.5 Å². The summed E-state index contributed by atoms with van der Waals surface area (Å²) in [6.45, 7) is 2.64. The number of anilines is 1. The van der Waals surface area contributed by atoms with Gasteiger partial charge in [-0.3, -0.25) is 19.0 Å². The first-order valence-corrected chi connectivity index (χ1v) is 10.8. The van der Waals surface area contributed by atoms with Crippen molar-refractivity contribution in [3.05, 3.63) is 64.4 Å². The third kappa shape index (κ3) is 4.27. The Morgan fingerprint density at radius 3 is 2.48 bits per heavy atom. The van der Waals surface area contributed by atoms with Crippen molar-refractivity contribution in [1.29, 1.82) is 0 Å². The van der Waals surface area contributed by atoms with Gasteiger partial charge in [0.2, 0.25) is 5.91 Å². The van der Waals surface area contributed by atoms with E-state index in [4.69, 9.17) is 14.2 Å². The van der Waals surface area contributed by atoms with Crippen molar-refractivity contribution in [2.75, 3.05) is 44.8 Å². The molecule has 0 atom stereocenters. The Labute approximate surface area is 189 Å². The molecular formula is C24H23N3O6. The van der Waals surface area contributed by atoms with Gasteiger partial charge in [-0.2, -0.15) is 0 Å². The molecule has 0 aliphatic carbocycles. The van der Waals surface area contributed by atoms with E-state index < -0.39 is 5.56 Å². The number of ether oxygens (including phenoxy) is 3. The lowest BCUT2D eigenvalue weighted by Crippen LogP contribution is -2.41. The van der Waals surface area contributed by atoms with Crippen LogP contribution in [0.4, 0.5) is 5.69 Å². The van der Waals surface area contributed by atoms with Gasteiger partial charge in [-0.25, -0.2) is 0 Å². The van der Waals surface area contributed by atoms with Gasteiger partial charge in [0.25, 0.3) is 11.5 Å². The van der Waals surface area contributed by atoms with Crippen molar-refractivity contribution in [3.63, 3.8) is 0 Å². The second-order valence-electron chi connectivity index (χ2n) is 7.81. The Bertz CT molecular complexity index is 1280. The highest BCUT2D eigenvalue weighted by atomic mass is 16.6. The molecule has 170 valence electrons. The first-order chi connectivity index (χ1) is 16.1. The van der Waals surface area contributed by atoms with Crippen molar-refractivity contribution < 1.29 is 23.8 Å². The number of hydrogen-bond donors (Lipinski definition) is 1. The molecule has 2 aliphatic heterocycles. The van der Waals surface area contributed by atoms with Gasteiger partial charge >= 0.3 is 0 Å². The molecule has 0 spiro atoms. The molecule has 5 rings (SSSR count). The summed E-state index contributed by atoms with van der Waals surface area (Å²) in [5.41, 5.74) is 0.989. The fraction of sp³-hybridized carbons (Fsp3) is 0.292. The number of hydrogen-bond acceptors (Lipinski definition) is 6. The molecule has 1 N–H and O–H groups in total. The third-order valence-electron chi connectivity index (χ3n) is 5.68. The quantitative estimate of drug-likeness (QED) is 0.653. The minimum absolute atomic E-state index is 0.195. The Balaban J connectivity index is 1.41. The number of nitrogens with zero attached hydrogens (tertiary/aromatic N) is 2. The molecule has 2 aromatic carbocycles. The molecule has 1 aromatic heterocycles. The molecule has 2 amide bonds. The first-order valence-electron chi connectivity index (χ1n) is 10.8. The molecule has 1 saturated heterocycles. The van der Waals surface area contributed by atoms with E-state index in [2.05, 4.69) is 5.32 Å². The van der Waals surface area contributed by atoms with E-state index in [1.54, 1.807) is 41.3 Å². The van der Waals surface area contributed by atoms with Gasteiger partial charge in [0.15, 0.2) is 11.5 Å². The average Bonchev–Trinajstić information content (AvgIpc) is 2.85. The van der Waals surface area contributed by atoms with Crippen LogP contribution in [0.1, 0.15) is 10.4 Å². The number of pyridine rings is 1. The van der Waals surface area contributed by atoms with Crippen LogP contribution in [0.25, 0.3) is 10.9 Å². The van der Waals surface area contributed by atoms with Crippen LogP contribution < -0.4 is 20.3 Å². The lowest BCUT2D eigenvalue weighted by molar-refractivity contribution is -0.116. The Morgan fingerprint density at radius 1 is 0.909 bits per heavy atom. The van der Waals surface area contributed by atoms with Gasteiger partial charge in [-0.15, -0.1) is 0 Å². The van der Waals surface area contributed by atoms with Crippen LogP contribution in [0.2, 0.25) is 0 Å². The number of carbonyl (C=O) groups excluding carboxylic acids is 2. The molecule has 33 heavy (non-hydrogen) atoms. The van der Waals surface area contributed by atoms with E-state index in [1.807, 2.05) is 6.07 Å². The predicted octanol–water partition coefficient (Wildman–Crippen LogP) is 1.88. The first kappa shape index (κ1) is 21.0. The van der Waals surface area contributed by atoms with Crippen LogP contribution in [0.3, 0.4) is 0 Å². The molecule has 9 nitrogen and oxygen atoms in total. The number of amides is 2. The molecule has 0 radical (unpaired) electrons. The summed E-state index contributed by atoms with van der Waals surface area (Å²) < 4.78 is 17.7. The summed E-state index contributed by atoms with van der Waals surface area (Å²) in [4.78, 5) is 40.5. The number of morpholine rings is 1. The number of rotatable bonds is 4. The summed E-state index contributed by atoms with van der Waals surface area (Å²) in [6, 6.07) is 13.6. The average molecular weight is 449 g/mol. The zero-order valence-electron chi connectivity index (χ0n) is 17.9. The Kier molecular flexibility index (Phi) is 5.70. The van der Waals surface area contributed by atoms with Crippen LogP contribution in [0.15, 0.2) is 53.3 Å². The summed E-state index contributed by atoms with van der Waals surface area (Å²) in [7, 11) is 0. The molecule has 0 bridgehead atoms. The van der Waals surface area contributed by atoms with Crippen LogP contribution >= 0.6 is 0 Å². The van der Waals surface area contributed by atoms with E-state index in [9.17, 15) is 14.4 Å². The maximum absolute atomic E-state index is 13.1. The zero-order valence-corrected chi connectivity index (χ0v) is 17.9. The van der Waals surface area contributed by atoms with Gasteiger partial charge in [0.1, 0.15) is 19.8 Å². The zero-order chi connectivity index (χ0) is 22.8. The van der Waals surface area contributed by atoms with Crippen LogP contribution in [-0.2, 0) is 16.1 Å². The van der Waals surface area contributed by atoms with Crippen LogP contribution in [0, 0.1) is 0 Å². The maximum Gasteiger partial charge on any atom is 0.254 e. The summed E-state index contributed by atoms with van der Waals surface area (Å²) in [6.07, 6.45) is 0.